The van der Waals surface area contributed by atoms with E-state index in [4.69, 9.17) is 5.11 Å². The van der Waals surface area contributed by atoms with E-state index in [0.717, 1.165) is 5.56 Å². The van der Waals surface area contributed by atoms with Crippen LogP contribution in [0.2, 0.25) is 0 Å². The van der Waals surface area contributed by atoms with Gasteiger partial charge in [-0.2, -0.15) is 0 Å². The molecule has 0 atom stereocenters. The third-order valence-corrected chi connectivity index (χ3v) is 3.48. The standard InChI is InChI=1S/C15H16N2O5/c18-14(19)8-5-12-2-1-9-16(15(12)20)10-11-3-6-13(7-4-11)17(21)22/h2-4,6-7H,1,5,8-10H2,(H,18,19). The summed E-state index contributed by atoms with van der Waals surface area (Å²) in [5.74, 6) is -1.09. The van der Waals surface area contributed by atoms with Crippen molar-refractivity contribution in [2.75, 3.05) is 6.54 Å². The minimum absolute atomic E-state index is 0.00997. The van der Waals surface area contributed by atoms with E-state index in [9.17, 15) is 19.7 Å². The Labute approximate surface area is 127 Å². The van der Waals surface area contributed by atoms with Gasteiger partial charge in [0.05, 0.1) is 4.92 Å². The van der Waals surface area contributed by atoms with Crippen molar-refractivity contribution >= 4 is 17.6 Å². The van der Waals surface area contributed by atoms with Gasteiger partial charge in [0.2, 0.25) is 5.91 Å². The highest BCUT2D eigenvalue weighted by Gasteiger charge is 2.22. The van der Waals surface area contributed by atoms with E-state index in [1.807, 2.05) is 0 Å². The summed E-state index contributed by atoms with van der Waals surface area (Å²) >= 11 is 0. The van der Waals surface area contributed by atoms with Crippen LogP contribution >= 0.6 is 0 Å². The smallest absolute Gasteiger partial charge is 0.303 e. The summed E-state index contributed by atoms with van der Waals surface area (Å²) in [6, 6.07) is 6.07. The van der Waals surface area contributed by atoms with Crippen LogP contribution in [-0.4, -0.2) is 33.4 Å². The SMILES string of the molecule is O=C(O)CCC1=CCCN(Cc2ccc([N+](=O)[O-])cc2)C1=O. The Hall–Kier alpha value is -2.70. The van der Waals surface area contributed by atoms with Gasteiger partial charge in [-0.25, -0.2) is 0 Å². The first-order valence-corrected chi connectivity index (χ1v) is 6.91. The molecule has 0 saturated carbocycles. The lowest BCUT2D eigenvalue weighted by Gasteiger charge is -2.27. The van der Waals surface area contributed by atoms with Gasteiger partial charge < -0.3 is 10.0 Å². The van der Waals surface area contributed by atoms with Gasteiger partial charge in [-0.1, -0.05) is 18.2 Å². The topological polar surface area (TPSA) is 101 Å². The predicted octanol–water partition coefficient (Wildman–Crippen LogP) is 2.12. The summed E-state index contributed by atoms with van der Waals surface area (Å²) in [6.07, 6.45) is 2.64. The minimum atomic E-state index is -0.929. The average molecular weight is 304 g/mol. The molecule has 2 rings (SSSR count). The van der Waals surface area contributed by atoms with E-state index in [1.165, 1.54) is 12.1 Å². The quantitative estimate of drug-likeness (QED) is 0.640. The minimum Gasteiger partial charge on any atom is -0.481 e. The van der Waals surface area contributed by atoms with Crippen LogP contribution in [0, 0.1) is 10.1 Å². The van der Waals surface area contributed by atoms with Crippen molar-refractivity contribution in [2.24, 2.45) is 0 Å². The van der Waals surface area contributed by atoms with Gasteiger partial charge in [0, 0.05) is 37.2 Å². The molecule has 0 saturated heterocycles. The van der Waals surface area contributed by atoms with Crippen LogP contribution in [0.4, 0.5) is 5.69 Å². The number of hydrogen-bond acceptors (Lipinski definition) is 4. The van der Waals surface area contributed by atoms with Crippen LogP contribution in [0.1, 0.15) is 24.8 Å². The fourth-order valence-electron chi connectivity index (χ4n) is 2.33. The van der Waals surface area contributed by atoms with E-state index in [0.29, 0.717) is 25.1 Å². The molecule has 1 aliphatic heterocycles. The third kappa shape index (κ3) is 3.91. The zero-order valence-corrected chi connectivity index (χ0v) is 11.9. The zero-order valence-electron chi connectivity index (χ0n) is 11.9. The van der Waals surface area contributed by atoms with Crippen molar-refractivity contribution in [3.8, 4) is 0 Å². The predicted molar refractivity (Wildman–Crippen MR) is 78.1 cm³/mol. The number of nitro benzene ring substituents is 1. The summed E-state index contributed by atoms with van der Waals surface area (Å²) < 4.78 is 0. The van der Waals surface area contributed by atoms with Gasteiger partial charge >= 0.3 is 5.97 Å². The van der Waals surface area contributed by atoms with E-state index >= 15 is 0 Å². The molecule has 7 nitrogen and oxygen atoms in total. The van der Waals surface area contributed by atoms with Crippen molar-refractivity contribution in [3.63, 3.8) is 0 Å². The number of non-ortho nitro benzene ring substituents is 1. The van der Waals surface area contributed by atoms with E-state index in [-0.39, 0.29) is 24.4 Å². The molecule has 1 aromatic carbocycles. The largest absolute Gasteiger partial charge is 0.481 e. The molecule has 116 valence electrons. The van der Waals surface area contributed by atoms with Gasteiger partial charge in [0.25, 0.3) is 5.69 Å². The van der Waals surface area contributed by atoms with Crippen molar-refractivity contribution in [2.45, 2.75) is 25.8 Å². The van der Waals surface area contributed by atoms with Gasteiger partial charge in [0.15, 0.2) is 0 Å². The summed E-state index contributed by atoms with van der Waals surface area (Å²) in [5, 5.41) is 19.3. The molecule has 22 heavy (non-hydrogen) atoms. The second kappa shape index (κ2) is 6.84. The molecule has 0 aromatic heterocycles. The number of carboxylic acid groups (broad SMARTS) is 1. The fraction of sp³-hybridized carbons (Fsp3) is 0.333. The Balaban J connectivity index is 2.01. The number of benzene rings is 1. The van der Waals surface area contributed by atoms with Crippen molar-refractivity contribution in [1.29, 1.82) is 0 Å². The van der Waals surface area contributed by atoms with E-state index in [2.05, 4.69) is 0 Å². The zero-order chi connectivity index (χ0) is 16.1. The first-order chi connectivity index (χ1) is 10.5. The monoisotopic (exact) mass is 304 g/mol. The first-order valence-electron chi connectivity index (χ1n) is 6.91. The van der Waals surface area contributed by atoms with Crippen LogP contribution in [0.25, 0.3) is 0 Å². The molecule has 0 fully saturated rings. The Kier molecular flexibility index (Phi) is 4.88. The highest BCUT2D eigenvalue weighted by atomic mass is 16.6. The number of hydrogen-bond donors (Lipinski definition) is 1. The molecule has 0 aliphatic carbocycles. The Morgan fingerprint density at radius 1 is 1.32 bits per heavy atom. The van der Waals surface area contributed by atoms with Crippen LogP contribution in [0.3, 0.4) is 0 Å². The lowest BCUT2D eigenvalue weighted by Crippen LogP contribution is -2.35. The molecule has 1 aromatic rings. The number of nitrogens with zero attached hydrogens (tertiary/aromatic N) is 2. The molecular weight excluding hydrogens is 288 g/mol. The second-order valence-corrected chi connectivity index (χ2v) is 5.06. The van der Waals surface area contributed by atoms with Crippen LogP contribution < -0.4 is 0 Å². The Bertz CT molecular complexity index is 621. The second-order valence-electron chi connectivity index (χ2n) is 5.06. The number of aliphatic carboxylic acids is 1. The van der Waals surface area contributed by atoms with Crippen LogP contribution in [-0.2, 0) is 16.1 Å². The van der Waals surface area contributed by atoms with Crippen LogP contribution in [0.5, 0.6) is 0 Å². The molecule has 0 unspecified atom stereocenters. The summed E-state index contributed by atoms with van der Waals surface area (Å²) in [6.45, 7) is 0.924. The van der Waals surface area contributed by atoms with Gasteiger partial charge in [-0.15, -0.1) is 0 Å². The molecule has 1 heterocycles. The first kappa shape index (κ1) is 15.7. The number of amides is 1. The highest BCUT2D eigenvalue weighted by molar-refractivity contribution is 5.94. The van der Waals surface area contributed by atoms with Crippen LogP contribution in [0.15, 0.2) is 35.9 Å². The third-order valence-electron chi connectivity index (χ3n) is 3.48. The number of rotatable bonds is 6. The van der Waals surface area contributed by atoms with Gasteiger partial charge in [-0.3, -0.25) is 19.7 Å². The number of nitro groups is 1. The molecular formula is C15H16N2O5. The van der Waals surface area contributed by atoms with Crippen molar-refractivity contribution < 1.29 is 19.6 Å². The summed E-state index contributed by atoms with van der Waals surface area (Å²) in [5.41, 5.74) is 1.34. The molecule has 1 aliphatic rings. The van der Waals surface area contributed by atoms with E-state index in [1.54, 1.807) is 23.1 Å². The molecule has 7 heteroatoms. The molecule has 0 bridgehead atoms. The normalized spacial score (nSPS) is 14.6. The van der Waals surface area contributed by atoms with Gasteiger partial charge in [-0.05, 0) is 18.4 Å². The number of carboxylic acids is 1. The lowest BCUT2D eigenvalue weighted by atomic mass is 10.0. The maximum Gasteiger partial charge on any atom is 0.303 e. The summed E-state index contributed by atoms with van der Waals surface area (Å²) in [7, 11) is 0. The molecule has 0 spiro atoms. The van der Waals surface area contributed by atoms with Gasteiger partial charge in [0.1, 0.15) is 0 Å². The highest BCUT2D eigenvalue weighted by Crippen LogP contribution is 2.20. The Morgan fingerprint density at radius 2 is 2.00 bits per heavy atom. The number of carbonyl (C=O) groups excluding carboxylic acids is 1. The molecule has 0 radical (unpaired) electrons. The number of carbonyl (C=O) groups is 2. The maximum atomic E-state index is 12.3. The molecule has 1 amide bonds. The lowest BCUT2D eigenvalue weighted by molar-refractivity contribution is -0.384. The average Bonchev–Trinajstić information content (AvgIpc) is 2.48. The maximum absolute atomic E-state index is 12.3. The summed E-state index contributed by atoms with van der Waals surface area (Å²) in [4.78, 5) is 34.7. The van der Waals surface area contributed by atoms with Crippen molar-refractivity contribution in [1.82, 2.24) is 4.90 Å². The molecule has 1 N–H and O–H groups in total. The van der Waals surface area contributed by atoms with E-state index < -0.39 is 10.9 Å². The fourth-order valence-corrected chi connectivity index (χ4v) is 2.33. The van der Waals surface area contributed by atoms with Crippen molar-refractivity contribution in [3.05, 3.63) is 51.6 Å². The Morgan fingerprint density at radius 3 is 2.59 bits per heavy atom.